The molecule has 29 heavy (non-hydrogen) atoms. The predicted molar refractivity (Wildman–Crippen MR) is 117 cm³/mol. The van der Waals surface area contributed by atoms with Crippen molar-refractivity contribution in [3.8, 4) is 17.0 Å². The van der Waals surface area contributed by atoms with Crippen LogP contribution in [0.1, 0.15) is 18.1 Å². The van der Waals surface area contributed by atoms with Gasteiger partial charge in [-0.25, -0.2) is 4.98 Å². The molecule has 0 unspecified atom stereocenters. The predicted octanol–water partition coefficient (Wildman–Crippen LogP) is 5.06. The quantitative estimate of drug-likeness (QED) is 0.574. The molecule has 0 radical (unpaired) electrons. The standard InChI is InChI=1S/C21H20ClN3O3S/c1-12-8-16(22)9-13(2)20(12)28-10-19(27)25-21-24-18(11-29-21)15-4-6-17(7-5-15)23-14(3)26/h4-9,11H,10H2,1-3H3,(H,23,26)(H,24,25,27). The molecule has 0 fully saturated rings. The second kappa shape index (κ2) is 9.07. The lowest BCUT2D eigenvalue weighted by atomic mass is 10.1. The zero-order chi connectivity index (χ0) is 21.0. The summed E-state index contributed by atoms with van der Waals surface area (Å²) in [4.78, 5) is 27.8. The number of hydrogen-bond acceptors (Lipinski definition) is 5. The first-order chi connectivity index (χ1) is 13.8. The van der Waals surface area contributed by atoms with Gasteiger partial charge in [-0.05, 0) is 49.2 Å². The maximum Gasteiger partial charge on any atom is 0.264 e. The Morgan fingerprint density at radius 3 is 2.38 bits per heavy atom. The van der Waals surface area contributed by atoms with E-state index in [1.165, 1.54) is 18.3 Å². The first-order valence-electron chi connectivity index (χ1n) is 8.85. The van der Waals surface area contributed by atoms with Crippen LogP contribution in [0.3, 0.4) is 0 Å². The number of rotatable bonds is 6. The summed E-state index contributed by atoms with van der Waals surface area (Å²) in [6.45, 7) is 5.11. The van der Waals surface area contributed by atoms with Gasteiger partial charge in [0.1, 0.15) is 5.75 Å². The molecular formula is C21H20ClN3O3S. The van der Waals surface area contributed by atoms with E-state index in [0.29, 0.717) is 15.9 Å². The Bertz CT molecular complexity index is 1020. The highest BCUT2D eigenvalue weighted by atomic mass is 35.5. The lowest BCUT2D eigenvalue weighted by Crippen LogP contribution is -2.20. The van der Waals surface area contributed by atoms with E-state index in [1.807, 2.05) is 31.4 Å². The lowest BCUT2D eigenvalue weighted by molar-refractivity contribution is -0.118. The molecule has 0 spiro atoms. The molecular weight excluding hydrogens is 410 g/mol. The van der Waals surface area contributed by atoms with Crippen LogP contribution in [0.15, 0.2) is 41.8 Å². The smallest absolute Gasteiger partial charge is 0.264 e. The Balaban J connectivity index is 1.60. The third kappa shape index (κ3) is 5.56. The number of thiazole rings is 1. The molecule has 0 aliphatic carbocycles. The number of anilines is 2. The highest BCUT2D eigenvalue weighted by molar-refractivity contribution is 7.14. The van der Waals surface area contributed by atoms with Gasteiger partial charge in [0, 0.05) is 28.6 Å². The number of benzene rings is 2. The maximum atomic E-state index is 12.2. The van der Waals surface area contributed by atoms with Crippen LogP contribution in [0.5, 0.6) is 5.75 Å². The first-order valence-corrected chi connectivity index (χ1v) is 10.1. The number of ether oxygens (including phenoxy) is 1. The van der Waals surface area contributed by atoms with E-state index in [9.17, 15) is 9.59 Å². The summed E-state index contributed by atoms with van der Waals surface area (Å²) < 4.78 is 5.66. The van der Waals surface area contributed by atoms with Crippen molar-refractivity contribution < 1.29 is 14.3 Å². The SMILES string of the molecule is CC(=O)Nc1ccc(-c2csc(NC(=O)COc3c(C)cc(Cl)cc3C)n2)cc1. The van der Waals surface area contributed by atoms with Gasteiger partial charge in [-0.2, -0.15) is 0 Å². The molecule has 1 heterocycles. The molecule has 2 N–H and O–H groups in total. The molecule has 3 aromatic rings. The maximum absolute atomic E-state index is 12.2. The fourth-order valence-corrected chi connectivity index (χ4v) is 3.87. The van der Waals surface area contributed by atoms with Crippen LogP contribution in [-0.2, 0) is 9.59 Å². The average Bonchev–Trinajstić information content (AvgIpc) is 3.09. The molecule has 0 saturated carbocycles. The summed E-state index contributed by atoms with van der Waals surface area (Å²) in [7, 11) is 0. The van der Waals surface area contributed by atoms with Crippen LogP contribution in [-0.4, -0.2) is 23.4 Å². The van der Waals surface area contributed by atoms with Crippen molar-refractivity contribution in [3.05, 3.63) is 57.9 Å². The molecule has 150 valence electrons. The fourth-order valence-electron chi connectivity index (χ4n) is 2.81. The molecule has 8 heteroatoms. The van der Waals surface area contributed by atoms with Gasteiger partial charge < -0.3 is 10.1 Å². The average molecular weight is 430 g/mol. The Hall–Kier alpha value is -2.90. The van der Waals surface area contributed by atoms with Gasteiger partial charge in [-0.15, -0.1) is 11.3 Å². The zero-order valence-corrected chi connectivity index (χ0v) is 17.8. The summed E-state index contributed by atoms with van der Waals surface area (Å²) in [5.74, 6) is 0.243. The van der Waals surface area contributed by atoms with E-state index in [4.69, 9.17) is 16.3 Å². The van der Waals surface area contributed by atoms with Crippen molar-refractivity contribution in [3.63, 3.8) is 0 Å². The first kappa shape index (κ1) is 20.8. The second-order valence-corrected chi connectivity index (χ2v) is 7.80. The van der Waals surface area contributed by atoms with Crippen molar-refractivity contribution in [2.24, 2.45) is 0 Å². The Kier molecular flexibility index (Phi) is 6.51. The fraction of sp³-hybridized carbons (Fsp3) is 0.190. The molecule has 2 aromatic carbocycles. The Morgan fingerprint density at radius 2 is 1.76 bits per heavy atom. The minimum absolute atomic E-state index is 0.121. The summed E-state index contributed by atoms with van der Waals surface area (Å²) in [6.07, 6.45) is 0. The molecule has 0 saturated heterocycles. The number of nitrogens with one attached hydrogen (secondary N) is 2. The van der Waals surface area contributed by atoms with Gasteiger partial charge in [0.2, 0.25) is 5.91 Å². The largest absolute Gasteiger partial charge is 0.483 e. The molecule has 0 aliphatic heterocycles. The minimum atomic E-state index is -0.291. The monoisotopic (exact) mass is 429 g/mol. The van der Waals surface area contributed by atoms with Crippen molar-refractivity contribution in [2.75, 3.05) is 17.2 Å². The van der Waals surface area contributed by atoms with Gasteiger partial charge in [0.15, 0.2) is 11.7 Å². The summed E-state index contributed by atoms with van der Waals surface area (Å²) in [5.41, 5.74) is 4.10. The third-order valence-corrected chi connectivity index (χ3v) is 5.00. The summed E-state index contributed by atoms with van der Waals surface area (Å²) in [6, 6.07) is 10.9. The van der Waals surface area contributed by atoms with E-state index >= 15 is 0 Å². The van der Waals surface area contributed by atoms with Crippen molar-refractivity contribution in [1.29, 1.82) is 0 Å². The zero-order valence-electron chi connectivity index (χ0n) is 16.2. The normalized spacial score (nSPS) is 10.5. The van der Waals surface area contributed by atoms with Crippen molar-refractivity contribution >= 4 is 45.6 Å². The highest BCUT2D eigenvalue weighted by Crippen LogP contribution is 2.28. The molecule has 0 atom stereocenters. The van der Waals surface area contributed by atoms with Gasteiger partial charge >= 0.3 is 0 Å². The van der Waals surface area contributed by atoms with Gasteiger partial charge in [0.25, 0.3) is 5.91 Å². The number of carbonyl (C=O) groups is 2. The van der Waals surface area contributed by atoms with Gasteiger partial charge in [0.05, 0.1) is 5.69 Å². The Morgan fingerprint density at radius 1 is 1.10 bits per heavy atom. The van der Waals surface area contributed by atoms with E-state index in [2.05, 4.69) is 15.6 Å². The number of amides is 2. The molecule has 3 rings (SSSR count). The van der Waals surface area contributed by atoms with Gasteiger partial charge in [-0.1, -0.05) is 23.7 Å². The minimum Gasteiger partial charge on any atom is -0.483 e. The topological polar surface area (TPSA) is 80.3 Å². The molecule has 0 aliphatic rings. The number of carbonyl (C=O) groups excluding carboxylic acids is 2. The van der Waals surface area contributed by atoms with Crippen LogP contribution in [0.2, 0.25) is 5.02 Å². The molecule has 1 aromatic heterocycles. The molecule has 2 amide bonds. The number of nitrogens with zero attached hydrogens (tertiary/aromatic N) is 1. The van der Waals surface area contributed by atoms with Crippen molar-refractivity contribution in [1.82, 2.24) is 4.98 Å². The summed E-state index contributed by atoms with van der Waals surface area (Å²) in [5, 5.41) is 8.45. The van der Waals surface area contributed by atoms with E-state index in [1.54, 1.807) is 24.3 Å². The Labute approximate surface area is 177 Å². The number of halogens is 1. The van der Waals surface area contributed by atoms with E-state index < -0.39 is 0 Å². The van der Waals surface area contributed by atoms with Crippen LogP contribution in [0.25, 0.3) is 11.3 Å². The van der Waals surface area contributed by atoms with E-state index in [0.717, 1.165) is 28.1 Å². The molecule has 0 bridgehead atoms. The van der Waals surface area contributed by atoms with Crippen LogP contribution < -0.4 is 15.4 Å². The highest BCUT2D eigenvalue weighted by Gasteiger charge is 2.11. The number of aryl methyl sites for hydroxylation is 2. The van der Waals surface area contributed by atoms with Crippen LogP contribution >= 0.6 is 22.9 Å². The van der Waals surface area contributed by atoms with Crippen molar-refractivity contribution in [2.45, 2.75) is 20.8 Å². The van der Waals surface area contributed by atoms with Crippen LogP contribution in [0.4, 0.5) is 10.8 Å². The third-order valence-electron chi connectivity index (χ3n) is 4.02. The number of hydrogen-bond donors (Lipinski definition) is 2. The van der Waals surface area contributed by atoms with E-state index in [-0.39, 0.29) is 18.4 Å². The second-order valence-electron chi connectivity index (χ2n) is 6.50. The number of aromatic nitrogens is 1. The van der Waals surface area contributed by atoms with Crippen LogP contribution in [0, 0.1) is 13.8 Å². The molecule has 6 nitrogen and oxygen atoms in total. The van der Waals surface area contributed by atoms with Gasteiger partial charge in [-0.3, -0.25) is 14.9 Å². The summed E-state index contributed by atoms with van der Waals surface area (Å²) >= 11 is 7.35. The lowest BCUT2D eigenvalue weighted by Gasteiger charge is -2.12.